The van der Waals surface area contributed by atoms with Gasteiger partial charge in [-0.1, -0.05) is 35.3 Å². The van der Waals surface area contributed by atoms with Crippen LogP contribution in [0.5, 0.6) is 0 Å². The van der Waals surface area contributed by atoms with Gasteiger partial charge in [0.2, 0.25) is 0 Å². The highest BCUT2D eigenvalue weighted by Crippen LogP contribution is 2.38. The van der Waals surface area contributed by atoms with Crippen molar-refractivity contribution in [3.8, 4) is 0 Å². The van der Waals surface area contributed by atoms with Crippen molar-refractivity contribution in [2.45, 2.75) is 30.6 Å². The number of rotatable bonds is 14. The van der Waals surface area contributed by atoms with Crippen LogP contribution in [0.15, 0.2) is 36.4 Å². The predicted octanol–water partition coefficient (Wildman–Crippen LogP) is 1.88. The average Bonchev–Trinajstić information content (AvgIpc) is 3.15. The van der Waals surface area contributed by atoms with Crippen LogP contribution >= 0.6 is 23.2 Å². The number of anilines is 1. The van der Waals surface area contributed by atoms with Crippen LogP contribution in [0.2, 0.25) is 10.0 Å². The van der Waals surface area contributed by atoms with Gasteiger partial charge in [-0.05, 0) is 48.0 Å². The summed E-state index contributed by atoms with van der Waals surface area (Å²) >= 11 is 12.8. The monoisotopic (exact) mass is 638 g/mol. The number of nitrogens with one attached hydrogen (secondary N) is 3. The lowest BCUT2D eigenvalue weighted by atomic mass is 9.84. The number of benzene rings is 2. The molecule has 4 amide bonds. The van der Waals surface area contributed by atoms with E-state index in [0.717, 1.165) is 29.8 Å². The van der Waals surface area contributed by atoms with E-state index in [9.17, 15) is 24.6 Å². The molecule has 14 heteroatoms. The molecule has 2 aromatic rings. The molecule has 0 radical (unpaired) electrons. The molecule has 3 atom stereocenters. The standard InChI is InChI=1S/C29H36Cl2N4O8/c1-35-16-22(21-14-19(30)15-24(31)23(21)17-35)18-3-2-4-20(13-18)33-28(39)32-6-8-42-10-12-43-11-9-41-7-5-29(40)25(36)26(37)34-27(29)38/h2-4,13-15,22,25,36,40H,5-12,16-17H2,1H3,(H2,32,33,39)(H,34,37,38). The van der Waals surface area contributed by atoms with Gasteiger partial charge in [0, 0.05) is 47.7 Å². The quantitative estimate of drug-likeness (QED) is 0.154. The highest BCUT2D eigenvalue weighted by Gasteiger charge is 2.53. The van der Waals surface area contributed by atoms with E-state index in [4.69, 9.17) is 37.4 Å². The summed E-state index contributed by atoms with van der Waals surface area (Å²) in [6, 6.07) is 11.1. The number of amides is 4. The second-order valence-corrected chi connectivity index (χ2v) is 11.3. The van der Waals surface area contributed by atoms with Crippen molar-refractivity contribution in [2.24, 2.45) is 0 Å². The summed E-state index contributed by atoms with van der Waals surface area (Å²) in [5.74, 6) is -1.80. The van der Waals surface area contributed by atoms with Crippen LogP contribution in [0.4, 0.5) is 10.5 Å². The zero-order chi connectivity index (χ0) is 31.0. The minimum Gasteiger partial charge on any atom is -0.380 e. The molecular formula is C29H36Cl2N4O8. The molecule has 2 aliphatic heterocycles. The van der Waals surface area contributed by atoms with E-state index in [1.54, 1.807) is 6.07 Å². The first kappa shape index (κ1) is 33.1. The normalized spacial score (nSPS) is 21.9. The third-order valence-corrected chi connectivity index (χ3v) is 7.83. The van der Waals surface area contributed by atoms with Crippen LogP contribution in [0.1, 0.15) is 29.0 Å². The van der Waals surface area contributed by atoms with Crippen molar-refractivity contribution in [2.75, 3.05) is 65.1 Å². The van der Waals surface area contributed by atoms with E-state index in [1.165, 1.54) is 0 Å². The van der Waals surface area contributed by atoms with E-state index in [-0.39, 0.29) is 38.2 Å². The maximum absolute atomic E-state index is 12.4. The van der Waals surface area contributed by atoms with Gasteiger partial charge in [-0.25, -0.2) is 4.79 Å². The Labute approximate surface area is 259 Å². The summed E-state index contributed by atoms with van der Waals surface area (Å²) in [5.41, 5.74) is 1.70. The van der Waals surface area contributed by atoms with Crippen LogP contribution in [-0.2, 0) is 30.3 Å². The number of aliphatic hydroxyl groups excluding tert-OH is 1. The molecule has 1 fully saturated rings. The molecule has 0 aromatic heterocycles. The highest BCUT2D eigenvalue weighted by atomic mass is 35.5. The molecule has 0 spiro atoms. The maximum atomic E-state index is 12.4. The first-order valence-corrected chi connectivity index (χ1v) is 14.6. The molecule has 0 aliphatic carbocycles. The Morgan fingerprint density at radius 3 is 2.47 bits per heavy atom. The number of hydrogen-bond donors (Lipinski definition) is 5. The third kappa shape index (κ3) is 8.64. The fraction of sp³-hybridized carbons (Fsp3) is 0.483. The average molecular weight is 640 g/mol. The summed E-state index contributed by atoms with van der Waals surface area (Å²) in [6.45, 7) is 3.15. The molecule has 2 heterocycles. The van der Waals surface area contributed by atoms with E-state index >= 15 is 0 Å². The number of carbonyl (C=O) groups is 3. The SMILES string of the molecule is CN1Cc2c(Cl)cc(Cl)cc2C(c2cccc(NC(=O)NCCOCCOCCOCCC3(O)C(=O)NC(=O)C3O)c2)C1. The molecule has 0 bridgehead atoms. The number of urea groups is 1. The Balaban J connectivity index is 1.08. The van der Waals surface area contributed by atoms with E-state index in [2.05, 4.69) is 15.5 Å². The van der Waals surface area contributed by atoms with Crippen molar-refractivity contribution in [3.05, 3.63) is 63.1 Å². The Bertz CT molecular complexity index is 1320. The van der Waals surface area contributed by atoms with Crippen LogP contribution in [0, 0.1) is 0 Å². The maximum Gasteiger partial charge on any atom is 0.319 e. The second-order valence-electron chi connectivity index (χ2n) is 10.4. The van der Waals surface area contributed by atoms with E-state index in [1.807, 2.05) is 42.7 Å². The smallest absolute Gasteiger partial charge is 0.319 e. The lowest BCUT2D eigenvalue weighted by molar-refractivity contribution is -0.148. The van der Waals surface area contributed by atoms with Gasteiger partial charge < -0.3 is 40.0 Å². The lowest BCUT2D eigenvalue weighted by Crippen LogP contribution is -2.46. The molecule has 4 rings (SSSR count). The molecule has 2 aromatic carbocycles. The van der Waals surface area contributed by atoms with Gasteiger partial charge in [-0.3, -0.25) is 14.9 Å². The first-order valence-electron chi connectivity index (χ1n) is 13.9. The van der Waals surface area contributed by atoms with Crippen molar-refractivity contribution in [1.29, 1.82) is 0 Å². The number of carbonyl (C=O) groups excluding carboxylic acids is 3. The third-order valence-electron chi connectivity index (χ3n) is 7.27. The van der Waals surface area contributed by atoms with Crippen LogP contribution in [-0.4, -0.2) is 104 Å². The largest absolute Gasteiger partial charge is 0.380 e. The van der Waals surface area contributed by atoms with Gasteiger partial charge in [-0.15, -0.1) is 0 Å². The van der Waals surface area contributed by atoms with Crippen molar-refractivity contribution >= 4 is 46.7 Å². The predicted molar refractivity (Wildman–Crippen MR) is 159 cm³/mol. The second kappa shape index (κ2) is 15.3. The summed E-state index contributed by atoms with van der Waals surface area (Å²) in [4.78, 5) is 37.5. The minimum atomic E-state index is -2.18. The van der Waals surface area contributed by atoms with Crippen molar-refractivity contribution in [1.82, 2.24) is 15.5 Å². The lowest BCUT2D eigenvalue weighted by Gasteiger charge is -2.33. The summed E-state index contributed by atoms with van der Waals surface area (Å²) < 4.78 is 16.1. The number of halogens is 2. The Hall–Kier alpha value is -2.81. The molecule has 5 N–H and O–H groups in total. The topological polar surface area (TPSA) is 159 Å². The Morgan fingerprint density at radius 2 is 1.77 bits per heavy atom. The molecule has 43 heavy (non-hydrogen) atoms. The van der Waals surface area contributed by atoms with Gasteiger partial charge >= 0.3 is 6.03 Å². The van der Waals surface area contributed by atoms with E-state index < -0.39 is 23.5 Å². The number of imide groups is 1. The Kier molecular flexibility index (Phi) is 11.7. The number of ether oxygens (including phenoxy) is 3. The van der Waals surface area contributed by atoms with Crippen LogP contribution in [0.25, 0.3) is 0 Å². The van der Waals surface area contributed by atoms with Crippen molar-refractivity contribution < 1.29 is 38.8 Å². The summed E-state index contributed by atoms with van der Waals surface area (Å²) in [7, 11) is 2.05. The molecular weight excluding hydrogens is 603 g/mol. The number of nitrogens with zero attached hydrogens (tertiary/aromatic N) is 1. The number of likely N-dealkylation sites (N-methyl/N-ethyl adjacent to an activating group) is 1. The van der Waals surface area contributed by atoms with Gasteiger partial charge in [0.15, 0.2) is 11.7 Å². The van der Waals surface area contributed by atoms with Crippen LogP contribution in [0.3, 0.4) is 0 Å². The molecule has 1 saturated heterocycles. The Morgan fingerprint density at radius 1 is 1.07 bits per heavy atom. The number of hydrogen-bond acceptors (Lipinski definition) is 9. The number of fused-ring (bicyclic) bond motifs is 1. The fourth-order valence-electron chi connectivity index (χ4n) is 5.03. The van der Waals surface area contributed by atoms with Crippen molar-refractivity contribution in [3.63, 3.8) is 0 Å². The molecule has 3 unspecified atom stereocenters. The fourth-order valence-corrected chi connectivity index (χ4v) is 5.59. The van der Waals surface area contributed by atoms with Gasteiger partial charge in [-0.2, -0.15) is 0 Å². The number of aliphatic hydroxyl groups is 2. The zero-order valence-corrected chi connectivity index (χ0v) is 25.2. The minimum absolute atomic E-state index is 0.0399. The zero-order valence-electron chi connectivity index (χ0n) is 23.7. The molecule has 2 aliphatic rings. The molecule has 234 valence electrons. The molecule has 12 nitrogen and oxygen atoms in total. The van der Waals surface area contributed by atoms with Gasteiger partial charge in [0.05, 0.1) is 39.6 Å². The van der Waals surface area contributed by atoms with Gasteiger partial charge in [0.25, 0.3) is 11.8 Å². The van der Waals surface area contributed by atoms with E-state index in [0.29, 0.717) is 42.1 Å². The first-order chi connectivity index (χ1) is 20.6. The molecule has 0 saturated carbocycles. The highest BCUT2D eigenvalue weighted by molar-refractivity contribution is 6.35. The summed E-state index contributed by atoms with van der Waals surface area (Å²) in [5, 5.41) is 28.5. The van der Waals surface area contributed by atoms with Gasteiger partial charge in [0.1, 0.15) is 0 Å². The summed E-state index contributed by atoms with van der Waals surface area (Å²) in [6.07, 6.45) is -2.03. The van der Waals surface area contributed by atoms with Crippen LogP contribution < -0.4 is 16.0 Å².